The van der Waals surface area contributed by atoms with Gasteiger partial charge in [0.2, 0.25) is 17.6 Å². The molecule has 2 atom stereocenters. The van der Waals surface area contributed by atoms with Crippen LogP contribution in [0.1, 0.15) is 91.7 Å². The quantitative estimate of drug-likeness (QED) is 0.153. The van der Waals surface area contributed by atoms with Crippen LogP contribution in [0.2, 0.25) is 0 Å². The molecule has 51 heavy (non-hydrogen) atoms. The zero-order chi connectivity index (χ0) is 35.3. The molecule has 0 saturated carbocycles. The van der Waals surface area contributed by atoms with Gasteiger partial charge >= 0.3 is 0 Å². The summed E-state index contributed by atoms with van der Waals surface area (Å²) in [5, 5.41) is 18.4. The normalized spacial score (nSPS) is 21.7. The number of piperidine rings is 4. The molecule has 2 aromatic heterocycles. The molecule has 0 radical (unpaired) electrons. The van der Waals surface area contributed by atoms with Crippen LogP contribution in [0.5, 0.6) is 0 Å². The van der Waals surface area contributed by atoms with E-state index in [1.165, 1.54) is 18.2 Å². The topological polar surface area (TPSA) is 195 Å². The van der Waals surface area contributed by atoms with Crippen molar-refractivity contribution in [1.29, 1.82) is 0 Å². The minimum Gasteiger partial charge on any atom is -0.418 e. The number of benzene rings is 1. The van der Waals surface area contributed by atoms with E-state index >= 15 is 0 Å². The van der Waals surface area contributed by atoms with E-state index in [0.717, 1.165) is 95.8 Å². The molecule has 4 aliphatic rings. The van der Waals surface area contributed by atoms with Crippen LogP contribution >= 0.6 is 0 Å². The number of imide groups is 1. The number of anilines is 4. The summed E-state index contributed by atoms with van der Waals surface area (Å²) in [6, 6.07) is 8.16. The molecule has 272 valence electrons. The average molecular weight is 701 g/mol. The number of likely N-dealkylation sites (tertiary alicyclic amines) is 1. The molecule has 6 N–H and O–H groups in total. The summed E-state index contributed by atoms with van der Waals surface area (Å²) in [5.41, 5.74) is 8.36. The summed E-state index contributed by atoms with van der Waals surface area (Å²) in [6.45, 7) is 6.71. The van der Waals surface area contributed by atoms with Crippen LogP contribution in [0.15, 0.2) is 41.1 Å². The highest BCUT2D eigenvalue weighted by molar-refractivity contribution is 6.03. The van der Waals surface area contributed by atoms with Crippen LogP contribution in [-0.4, -0.2) is 94.5 Å². The van der Waals surface area contributed by atoms with Gasteiger partial charge < -0.3 is 40.6 Å². The predicted molar refractivity (Wildman–Crippen MR) is 190 cm³/mol. The van der Waals surface area contributed by atoms with Gasteiger partial charge in [-0.3, -0.25) is 19.7 Å². The molecular formula is C36H48N10O5. The van der Waals surface area contributed by atoms with E-state index in [1.54, 1.807) is 6.20 Å². The summed E-state index contributed by atoms with van der Waals surface area (Å²) in [7, 11) is 0. The van der Waals surface area contributed by atoms with E-state index in [4.69, 9.17) is 15.1 Å². The molecule has 4 aliphatic heterocycles. The number of rotatable bonds is 10. The Balaban J connectivity index is 0.854. The van der Waals surface area contributed by atoms with Gasteiger partial charge in [0.25, 0.3) is 11.9 Å². The first-order valence-electron chi connectivity index (χ1n) is 18.3. The van der Waals surface area contributed by atoms with Gasteiger partial charge in [0.1, 0.15) is 23.8 Å². The van der Waals surface area contributed by atoms with Gasteiger partial charge in [0.15, 0.2) is 5.82 Å². The second kappa shape index (κ2) is 15.7. The van der Waals surface area contributed by atoms with Gasteiger partial charge in [-0.15, -0.1) is 0 Å². The highest BCUT2D eigenvalue weighted by Gasteiger charge is 2.31. The fourth-order valence-electron chi connectivity index (χ4n) is 7.65. The Morgan fingerprint density at radius 2 is 1.69 bits per heavy atom. The number of nitrogens with zero attached hydrogens (tertiary/aromatic N) is 6. The van der Waals surface area contributed by atoms with Crippen molar-refractivity contribution in [1.82, 2.24) is 30.5 Å². The second-order valence-corrected chi connectivity index (χ2v) is 14.2. The molecular weight excluding hydrogens is 652 g/mol. The van der Waals surface area contributed by atoms with Gasteiger partial charge in [0, 0.05) is 44.8 Å². The third-order valence-corrected chi connectivity index (χ3v) is 10.6. The fourth-order valence-corrected chi connectivity index (χ4v) is 7.65. The van der Waals surface area contributed by atoms with Gasteiger partial charge in [-0.2, -0.15) is 0 Å². The monoisotopic (exact) mass is 700 g/mol. The molecule has 0 bridgehead atoms. The Labute approximate surface area is 297 Å². The number of amides is 3. The maximum atomic E-state index is 12.6. The number of aromatic nitrogens is 3. The van der Waals surface area contributed by atoms with Crippen LogP contribution in [0.3, 0.4) is 0 Å². The van der Waals surface area contributed by atoms with Crippen LogP contribution in [0.4, 0.5) is 23.3 Å². The Morgan fingerprint density at radius 3 is 2.39 bits per heavy atom. The average Bonchev–Trinajstić information content (AvgIpc) is 3.65. The standard InChI is InChI=1S/C36H48N10O5/c37-32(48)31-33(42-29(21-38-31)45-14-2-1-3-15-45)40-26-6-4-24(5-7-26)25-12-16-44(17-13-25)22-23-10-18-46(19-11-23)36-39-20-28(51-36)35(50)41-27-8-9-30(47)43-34(27)49/h4-7,20-21,23,25,27,32,48H,1-3,8-19,22,37H2,(H,40,42)(H,41,50)(H,43,47,49). The lowest BCUT2D eigenvalue weighted by Gasteiger charge is -2.37. The minimum atomic E-state index is -1.22. The van der Waals surface area contributed by atoms with Crippen molar-refractivity contribution in [3.63, 3.8) is 0 Å². The Hall–Kier alpha value is -4.60. The first-order chi connectivity index (χ1) is 24.8. The lowest BCUT2D eigenvalue weighted by atomic mass is 9.88. The van der Waals surface area contributed by atoms with E-state index in [9.17, 15) is 19.5 Å². The van der Waals surface area contributed by atoms with E-state index < -0.39 is 24.1 Å². The highest BCUT2D eigenvalue weighted by Crippen LogP contribution is 2.32. The number of hydrogen-bond donors (Lipinski definition) is 5. The molecule has 2 unspecified atom stereocenters. The summed E-state index contributed by atoms with van der Waals surface area (Å²) in [6.07, 6.45) is 10.1. The molecule has 1 aromatic carbocycles. The first-order valence-corrected chi connectivity index (χ1v) is 18.3. The van der Waals surface area contributed by atoms with E-state index in [-0.39, 0.29) is 24.5 Å². The summed E-state index contributed by atoms with van der Waals surface area (Å²) in [4.78, 5) is 56.5. The summed E-state index contributed by atoms with van der Waals surface area (Å²) in [5.74, 6) is 1.09. The van der Waals surface area contributed by atoms with Crippen molar-refractivity contribution in [3.8, 4) is 0 Å². The zero-order valence-electron chi connectivity index (χ0n) is 28.9. The van der Waals surface area contributed by atoms with Crippen LogP contribution in [0, 0.1) is 5.92 Å². The van der Waals surface area contributed by atoms with Crippen LogP contribution in [0.25, 0.3) is 0 Å². The predicted octanol–water partition coefficient (Wildman–Crippen LogP) is 2.78. The molecule has 15 heteroatoms. The molecule has 4 saturated heterocycles. The smallest absolute Gasteiger partial charge is 0.297 e. The lowest BCUT2D eigenvalue weighted by Crippen LogP contribution is -2.52. The van der Waals surface area contributed by atoms with E-state index in [0.29, 0.717) is 29.4 Å². The third kappa shape index (κ3) is 8.48. The summed E-state index contributed by atoms with van der Waals surface area (Å²) >= 11 is 0. The van der Waals surface area contributed by atoms with Crippen molar-refractivity contribution in [2.45, 2.75) is 76.0 Å². The second-order valence-electron chi connectivity index (χ2n) is 14.2. The van der Waals surface area contributed by atoms with Crippen LogP contribution < -0.4 is 31.5 Å². The number of aliphatic hydroxyl groups excluding tert-OH is 1. The first kappa shape index (κ1) is 34.8. The highest BCUT2D eigenvalue weighted by atomic mass is 16.4. The molecule has 0 aliphatic carbocycles. The fraction of sp³-hybridized carbons (Fsp3) is 0.556. The van der Waals surface area contributed by atoms with Crippen molar-refractivity contribution in [3.05, 3.63) is 53.7 Å². The Kier molecular flexibility index (Phi) is 10.8. The molecule has 3 aromatic rings. The Morgan fingerprint density at radius 1 is 0.941 bits per heavy atom. The molecule has 0 spiro atoms. The number of carbonyl (C=O) groups is 3. The molecule has 4 fully saturated rings. The van der Waals surface area contributed by atoms with E-state index in [1.807, 2.05) is 0 Å². The van der Waals surface area contributed by atoms with Gasteiger partial charge in [0.05, 0.1) is 12.4 Å². The third-order valence-electron chi connectivity index (χ3n) is 10.6. The maximum Gasteiger partial charge on any atom is 0.297 e. The van der Waals surface area contributed by atoms with E-state index in [2.05, 4.69) is 64.9 Å². The van der Waals surface area contributed by atoms with Gasteiger partial charge in [-0.25, -0.2) is 15.0 Å². The van der Waals surface area contributed by atoms with Crippen molar-refractivity contribution >= 4 is 41.1 Å². The molecule has 6 heterocycles. The van der Waals surface area contributed by atoms with Crippen LogP contribution in [-0.2, 0) is 9.59 Å². The number of nitrogens with two attached hydrogens (primary N) is 1. The number of nitrogens with one attached hydrogen (secondary N) is 3. The maximum absolute atomic E-state index is 12.6. The molecule has 3 amide bonds. The molecule has 15 nitrogen and oxygen atoms in total. The lowest BCUT2D eigenvalue weighted by molar-refractivity contribution is -0.134. The number of aliphatic hydroxyl groups is 1. The van der Waals surface area contributed by atoms with Gasteiger partial charge in [-0.1, -0.05) is 12.1 Å². The largest absolute Gasteiger partial charge is 0.418 e. The number of hydrogen-bond acceptors (Lipinski definition) is 13. The minimum absolute atomic E-state index is 0.0542. The zero-order valence-corrected chi connectivity index (χ0v) is 28.9. The number of oxazole rings is 1. The SMILES string of the molecule is NC(O)c1ncc(N2CCCCC2)nc1Nc1ccc(C2CCN(CC3CCN(c4ncc(C(=O)NC5CCC(=O)NC5=O)o4)CC3)CC2)cc1. The van der Waals surface area contributed by atoms with Crippen molar-refractivity contribution < 1.29 is 23.9 Å². The molecule has 7 rings (SSSR count). The van der Waals surface area contributed by atoms with Crippen molar-refractivity contribution in [2.75, 3.05) is 60.9 Å². The Bertz CT molecular complexity index is 1680. The van der Waals surface area contributed by atoms with Crippen molar-refractivity contribution in [2.24, 2.45) is 11.7 Å². The van der Waals surface area contributed by atoms with Gasteiger partial charge in [-0.05, 0) is 94.0 Å². The summed E-state index contributed by atoms with van der Waals surface area (Å²) < 4.78 is 5.77. The number of carbonyl (C=O) groups excluding carboxylic acids is 3.